The third-order valence-electron chi connectivity index (χ3n) is 2.76. The summed E-state index contributed by atoms with van der Waals surface area (Å²) in [6.07, 6.45) is 1.26. The number of carbonyl (C=O) groups is 1. The van der Waals surface area contributed by atoms with E-state index in [0.717, 1.165) is 10.4 Å². The maximum Gasteiger partial charge on any atom is 0.224 e. The number of rotatable bonds is 5. The zero-order valence-corrected chi connectivity index (χ0v) is 11.5. The van der Waals surface area contributed by atoms with Gasteiger partial charge in [0.2, 0.25) is 5.91 Å². The number of aliphatic hydroxyl groups excluding tert-OH is 1. The van der Waals surface area contributed by atoms with Gasteiger partial charge >= 0.3 is 0 Å². The standard InChI is InChI=1S/C14H16N2O2S/c1-10-2-4-11(5-3-10)6-14(18)16-7-12(17)13-8-15-9-19-13/h2-5,8-9,12,17H,6-7H2,1H3,(H,16,18). The van der Waals surface area contributed by atoms with E-state index in [0.29, 0.717) is 6.42 Å². The molecule has 1 aromatic heterocycles. The number of amides is 1. The molecule has 0 aliphatic carbocycles. The van der Waals surface area contributed by atoms with Gasteiger partial charge in [-0.3, -0.25) is 9.78 Å². The Morgan fingerprint density at radius 2 is 2.16 bits per heavy atom. The molecule has 1 atom stereocenters. The zero-order chi connectivity index (χ0) is 13.7. The number of nitrogens with zero attached hydrogens (tertiary/aromatic N) is 1. The fourth-order valence-electron chi connectivity index (χ4n) is 1.66. The predicted molar refractivity (Wildman–Crippen MR) is 75.0 cm³/mol. The molecule has 0 aliphatic heterocycles. The highest BCUT2D eigenvalue weighted by Crippen LogP contribution is 2.15. The number of hydrogen-bond acceptors (Lipinski definition) is 4. The second-order valence-electron chi connectivity index (χ2n) is 4.39. The van der Waals surface area contributed by atoms with Crippen molar-refractivity contribution in [1.29, 1.82) is 0 Å². The SMILES string of the molecule is Cc1ccc(CC(=O)NCC(O)c2cncs2)cc1. The van der Waals surface area contributed by atoms with Gasteiger partial charge in [-0.1, -0.05) is 29.8 Å². The lowest BCUT2D eigenvalue weighted by Crippen LogP contribution is -2.29. The van der Waals surface area contributed by atoms with Crippen LogP contribution < -0.4 is 5.32 Å². The molecule has 2 aromatic rings. The first-order valence-corrected chi connectivity index (χ1v) is 6.92. The van der Waals surface area contributed by atoms with E-state index in [1.54, 1.807) is 11.7 Å². The van der Waals surface area contributed by atoms with Gasteiger partial charge in [0, 0.05) is 12.7 Å². The molecule has 19 heavy (non-hydrogen) atoms. The molecule has 0 saturated carbocycles. The van der Waals surface area contributed by atoms with Crippen LogP contribution in [0.1, 0.15) is 22.1 Å². The van der Waals surface area contributed by atoms with E-state index >= 15 is 0 Å². The summed E-state index contributed by atoms with van der Waals surface area (Å²) in [6, 6.07) is 7.84. The topological polar surface area (TPSA) is 62.2 Å². The van der Waals surface area contributed by atoms with Crippen LogP contribution in [-0.4, -0.2) is 22.5 Å². The predicted octanol–water partition coefficient (Wildman–Crippen LogP) is 1.84. The quantitative estimate of drug-likeness (QED) is 0.876. The summed E-state index contributed by atoms with van der Waals surface area (Å²) in [7, 11) is 0. The van der Waals surface area contributed by atoms with E-state index in [4.69, 9.17) is 0 Å². The van der Waals surface area contributed by atoms with Gasteiger partial charge in [-0.2, -0.15) is 0 Å². The highest BCUT2D eigenvalue weighted by Gasteiger charge is 2.11. The van der Waals surface area contributed by atoms with Crippen LogP contribution in [0.3, 0.4) is 0 Å². The Hall–Kier alpha value is -1.72. The van der Waals surface area contributed by atoms with Crippen molar-refractivity contribution in [3.05, 3.63) is 52.0 Å². The van der Waals surface area contributed by atoms with Gasteiger partial charge in [0.05, 0.1) is 16.8 Å². The minimum atomic E-state index is -0.686. The molecule has 5 heteroatoms. The number of thiazole rings is 1. The molecule has 4 nitrogen and oxygen atoms in total. The van der Waals surface area contributed by atoms with Crippen molar-refractivity contribution >= 4 is 17.2 Å². The second-order valence-corrected chi connectivity index (χ2v) is 5.30. The van der Waals surface area contributed by atoms with Crippen LogP contribution >= 0.6 is 11.3 Å². The van der Waals surface area contributed by atoms with E-state index in [2.05, 4.69) is 10.3 Å². The largest absolute Gasteiger partial charge is 0.386 e. The monoisotopic (exact) mass is 276 g/mol. The van der Waals surface area contributed by atoms with Crippen molar-refractivity contribution in [2.24, 2.45) is 0 Å². The number of hydrogen-bond donors (Lipinski definition) is 2. The summed E-state index contributed by atoms with van der Waals surface area (Å²) < 4.78 is 0. The third-order valence-corrected chi connectivity index (χ3v) is 3.63. The Balaban J connectivity index is 1.80. The number of benzene rings is 1. The van der Waals surface area contributed by atoms with Gasteiger partial charge in [-0.25, -0.2) is 0 Å². The molecule has 0 spiro atoms. The van der Waals surface area contributed by atoms with Gasteiger partial charge < -0.3 is 10.4 Å². The average Bonchev–Trinajstić information content (AvgIpc) is 2.93. The maximum atomic E-state index is 11.7. The molecule has 100 valence electrons. The lowest BCUT2D eigenvalue weighted by Gasteiger charge is -2.10. The van der Waals surface area contributed by atoms with Gasteiger partial charge in [0.25, 0.3) is 0 Å². The summed E-state index contributed by atoms with van der Waals surface area (Å²) in [4.78, 5) is 16.4. The van der Waals surface area contributed by atoms with Crippen molar-refractivity contribution in [1.82, 2.24) is 10.3 Å². The first kappa shape index (κ1) is 13.7. The molecule has 1 amide bonds. The van der Waals surface area contributed by atoms with Crippen LogP contribution in [0.4, 0.5) is 0 Å². The van der Waals surface area contributed by atoms with Gasteiger partial charge in [-0.15, -0.1) is 11.3 Å². The van der Waals surface area contributed by atoms with Crippen molar-refractivity contribution in [3.63, 3.8) is 0 Å². The van der Waals surface area contributed by atoms with Crippen LogP contribution in [0.5, 0.6) is 0 Å². The number of aromatic nitrogens is 1. The maximum absolute atomic E-state index is 11.7. The van der Waals surface area contributed by atoms with Crippen molar-refractivity contribution in [2.75, 3.05) is 6.54 Å². The van der Waals surface area contributed by atoms with Gasteiger partial charge in [-0.05, 0) is 12.5 Å². The van der Waals surface area contributed by atoms with E-state index in [1.165, 1.54) is 16.9 Å². The number of aliphatic hydroxyl groups is 1. The van der Waals surface area contributed by atoms with E-state index in [1.807, 2.05) is 31.2 Å². The first-order chi connectivity index (χ1) is 9.15. The van der Waals surface area contributed by atoms with Crippen LogP contribution in [0, 0.1) is 6.92 Å². The fourth-order valence-corrected chi connectivity index (χ4v) is 2.26. The Kier molecular flexibility index (Phi) is 4.65. The Morgan fingerprint density at radius 1 is 1.42 bits per heavy atom. The van der Waals surface area contributed by atoms with E-state index < -0.39 is 6.10 Å². The first-order valence-electron chi connectivity index (χ1n) is 6.04. The van der Waals surface area contributed by atoms with Crippen molar-refractivity contribution < 1.29 is 9.90 Å². The van der Waals surface area contributed by atoms with Gasteiger partial charge in [0.1, 0.15) is 6.10 Å². The minimum Gasteiger partial charge on any atom is -0.386 e. The smallest absolute Gasteiger partial charge is 0.224 e. The van der Waals surface area contributed by atoms with Crippen LogP contribution in [-0.2, 0) is 11.2 Å². The van der Waals surface area contributed by atoms with E-state index in [-0.39, 0.29) is 12.5 Å². The van der Waals surface area contributed by atoms with Crippen molar-refractivity contribution in [3.8, 4) is 0 Å². The highest BCUT2D eigenvalue weighted by atomic mass is 32.1. The second kappa shape index (κ2) is 6.45. The fraction of sp³-hybridized carbons (Fsp3) is 0.286. The Morgan fingerprint density at radius 3 is 2.79 bits per heavy atom. The Bertz CT molecular complexity index is 523. The molecule has 0 saturated heterocycles. The highest BCUT2D eigenvalue weighted by molar-refractivity contribution is 7.09. The minimum absolute atomic E-state index is 0.0904. The molecule has 0 fully saturated rings. The molecule has 2 rings (SSSR count). The summed E-state index contributed by atoms with van der Waals surface area (Å²) in [6.45, 7) is 2.22. The van der Waals surface area contributed by atoms with Crippen LogP contribution in [0.25, 0.3) is 0 Å². The number of aryl methyl sites for hydroxylation is 1. The molecular weight excluding hydrogens is 260 g/mol. The molecule has 1 aromatic carbocycles. The van der Waals surface area contributed by atoms with Crippen LogP contribution in [0.2, 0.25) is 0 Å². The normalized spacial score (nSPS) is 12.1. The lowest BCUT2D eigenvalue weighted by atomic mass is 10.1. The van der Waals surface area contributed by atoms with Gasteiger partial charge in [0.15, 0.2) is 0 Å². The summed E-state index contributed by atoms with van der Waals surface area (Å²) in [5.41, 5.74) is 3.80. The van der Waals surface area contributed by atoms with E-state index in [9.17, 15) is 9.90 Å². The summed E-state index contributed by atoms with van der Waals surface area (Å²) in [5, 5.41) is 12.5. The summed E-state index contributed by atoms with van der Waals surface area (Å²) in [5.74, 6) is -0.0904. The number of nitrogens with one attached hydrogen (secondary N) is 1. The molecule has 1 heterocycles. The molecular formula is C14H16N2O2S. The molecule has 2 N–H and O–H groups in total. The average molecular weight is 276 g/mol. The number of carbonyl (C=O) groups excluding carboxylic acids is 1. The lowest BCUT2D eigenvalue weighted by molar-refractivity contribution is -0.120. The molecule has 0 radical (unpaired) electrons. The van der Waals surface area contributed by atoms with Crippen molar-refractivity contribution in [2.45, 2.75) is 19.4 Å². The molecule has 1 unspecified atom stereocenters. The zero-order valence-electron chi connectivity index (χ0n) is 10.7. The van der Waals surface area contributed by atoms with Crippen LogP contribution in [0.15, 0.2) is 36.0 Å². The molecule has 0 bridgehead atoms. The molecule has 0 aliphatic rings. The summed E-state index contributed by atoms with van der Waals surface area (Å²) >= 11 is 1.38. The Labute approximate surface area is 116 Å². The third kappa shape index (κ3) is 4.15.